The standard InChI is InChI=1S/C28H40ClN7O4/c1-28(2,3)24-18-20(32-27(38)39)8-11-36(24)25(37)21-7-9-30-26(33-21)31-10-12-34-13-15-35(16-14-34)22-17-19(29)5-6-23(22)40-4/h5-7,9,17,20,24,32H,8,10-16,18H2,1-4H3,(H,38,39)(H,30,31,33). The number of carbonyl (C=O) groups excluding carboxylic acids is 1. The second-order valence-corrected chi connectivity index (χ2v) is 11.8. The molecule has 0 aliphatic carbocycles. The lowest BCUT2D eigenvalue weighted by molar-refractivity contribution is 0.0331. The molecular formula is C28H40ClN7O4. The fourth-order valence-electron chi connectivity index (χ4n) is 5.49. The highest BCUT2D eigenvalue weighted by atomic mass is 35.5. The molecule has 2 aromatic rings. The molecule has 11 nitrogen and oxygen atoms in total. The van der Waals surface area contributed by atoms with E-state index in [1.807, 2.05) is 23.1 Å². The van der Waals surface area contributed by atoms with Crippen LogP contribution in [0.4, 0.5) is 16.4 Å². The number of nitrogens with zero attached hydrogens (tertiary/aromatic N) is 5. The van der Waals surface area contributed by atoms with E-state index in [4.69, 9.17) is 21.4 Å². The predicted molar refractivity (Wildman–Crippen MR) is 156 cm³/mol. The number of anilines is 2. The summed E-state index contributed by atoms with van der Waals surface area (Å²) in [5.74, 6) is 1.08. The van der Waals surface area contributed by atoms with Crippen molar-refractivity contribution in [3.63, 3.8) is 0 Å². The summed E-state index contributed by atoms with van der Waals surface area (Å²) in [4.78, 5) is 40.0. The molecule has 3 N–H and O–H groups in total. The molecule has 2 unspecified atom stereocenters. The van der Waals surface area contributed by atoms with Gasteiger partial charge in [0.05, 0.1) is 12.8 Å². The van der Waals surface area contributed by atoms with E-state index in [-0.39, 0.29) is 23.4 Å². The van der Waals surface area contributed by atoms with Gasteiger partial charge in [-0.25, -0.2) is 14.8 Å². The maximum atomic E-state index is 13.5. The zero-order valence-corrected chi connectivity index (χ0v) is 24.4. The Morgan fingerprint density at radius 1 is 1.15 bits per heavy atom. The maximum absolute atomic E-state index is 13.5. The van der Waals surface area contributed by atoms with E-state index in [9.17, 15) is 9.59 Å². The number of hydrogen-bond acceptors (Lipinski definition) is 8. The van der Waals surface area contributed by atoms with Crippen LogP contribution in [0.1, 0.15) is 44.1 Å². The van der Waals surface area contributed by atoms with E-state index in [0.29, 0.717) is 42.6 Å². The Kier molecular flexibility index (Phi) is 9.57. The number of carboxylic acid groups (broad SMARTS) is 1. The first-order valence-electron chi connectivity index (χ1n) is 13.7. The van der Waals surface area contributed by atoms with Crippen LogP contribution in [-0.4, -0.2) is 102 Å². The Balaban J connectivity index is 1.30. The normalized spacial score (nSPS) is 20.2. The van der Waals surface area contributed by atoms with Gasteiger partial charge in [-0.1, -0.05) is 32.4 Å². The van der Waals surface area contributed by atoms with E-state index in [0.717, 1.165) is 44.2 Å². The molecule has 2 saturated heterocycles. The van der Waals surface area contributed by atoms with Crippen LogP contribution in [0, 0.1) is 5.41 Å². The topological polar surface area (TPSA) is 123 Å². The zero-order valence-electron chi connectivity index (χ0n) is 23.7. The molecule has 0 spiro atoms. The number of amides is 2. The largest absolute Gasteiger partial charge is 0.495 e. The quantitative estimate of drug-likeness (QED) is 0.434. The zero-order chi connectivity index (χ0) is 28.9. The van der Waals surface area contributed by atoms with Crippen molar-refractivity contribution in [2.45, 2.75) is 45.7 Å². The molecule has 2 fully saturated rings. The number of aromatic nitrogens is 2. The number of benzene rings is 1. The highest BCUT2D eigenvalue weighted by Gasteiger charge is 2.39. The molecule has 12 heteroatoms. The number of halogens is 1. The van der Waals surface area contributed by atoms with Crippen LogP contribution in [0.25, 0.3) is 0 Å². The summed E-state index contributed by atoms with van der Waals surface area (Å²) in [5, 5.41) is 15.7. The van der Waals surface area contributed by atoms with Gasteiger partial charge in [0.25, 0.3) is 5.91 Å². The molecule has 3 heterocycles. The van der Waals surface area contributed by atoms with E-state index >= 15 is 0 Å². The highest BCUT2D eigenvalue weighted by molar-refractivity contribution is 6.30. The first kappa shape index (κ1) is 29.7. The van der Waals surface area contributed by atoms with Gasteiger partial charge in [-0.2, -0.15) is 0 Å². The summed E-state index contributed by atoms with van der Waals surface area (Å²) >= 11 is 6.21. The van der Waals surface area contributed by atoms with Gasteiger partial charge in [0, 0.05) is 69.1 Å². The summed E-state index contributed by atoms with van der Waals surface area (Å²) in [7, 11) is 1.67. The molecule has 1 aromatic carbocycles. The first-order chi connectivity index (χ1) is 19.0. The van der Waals surface area contributed by atoms with Crippen molar-refractivity contribution in [2.24, 2.45) is 5.41 Å². The molecule has 2 amide bonds. The minimum atomic E-state index is -1.04. The Morgan fingerprint density at radius 2 is 1.90 bits per heavy atom. The molecule has 2 atom stereocenters. The van der Waals surface area contributed by atoms with Crippen LogP contribution in [0.5, 0.6) is 5.75 Å². The number of likely N-dealkylation sites (tertiary alicyclic amines) is 1. The lowest BCUT2D eigenvalue weighted by atomic mass is 9.79. The van der Waals surface area contributed by atoms with Gasteiger partial charge in [0.15, 0.2) is 0 Å². The van der Waals surface area contributed by atoms with Crippen molar-refractivity contribution in [2.75, 3.05) is 63.1 Å². The minimum Gasteiger partial charge on any atom is -0.495 e. The monoisotopic (exact) mass is 573 g/mol. The molecular weight excluding hydrogens is 534 g/mol. The van der Waals surface area contributed by atoms with Crippen molar-refractivity contribution in [3.8, 4) is 5.75 Å². The van der Waals surface area contributed by atoms with Crippen molar-refractivity contribution < 1.29 is 19.4 Å². The third-order valence-electron chi connectivity index (χ3n) is 7.63. The van der Waals surface area contributed by atoms with Crippen molar-refractivity contribution in [1.82, 2.24) is 25.1 Å². The van der Waals surface area contributed by atoms with E-state index in [2.05, 4.69) is 51.2 Å². The van der Waals surface area contributed by atoms with Crippen LogP contribution in [0.2, 0.25) is 5.02 Å². The number of nitrogens with one attached hydrogen (secondary N) is 2. The van der Waals surface area contributed by atoms with Gasteiger partial charge >= 0.3 is 6.09 Å². The molecule has 0 radical (unpaired) electrons. The Labute approximate surface area is 240 Å². The van der Waals surface area contributed by atoms with E-state index in [1.165, 1.54) is 0 Å². The van der Waals surface area contributed by atoms with Crippen LogP contribution in [-0.2, 0) is 0 Å². The van der Waals surface area contributed by atoms with E-state index < -0.39 is 6.09 Å². The summed E-state index contributed by atoms with van der Waals surface area (Å²) < 4.78 is 5.51. The summed E-state index contributed by atoms with van der Waals surface area (Å²) in [6.07, 6.45) is 1.70. The molecule has 2 aliphatic rings. The Hall–Kier alpha value is -3.31. The second-order valence-electron chi connectivity index (χ2n) is 11.4. The minimum absolute atomic E-state index is 0.123. The molecule has 40 heavy (non-hydrogen) atoms. The van der Waals surface area contributed by atoms with Crippen molar-refractivity contribution in [3.05, 3.63) is 41.2 Å². The molecule has 0 saturated carbocycles. The third kappa shape index (κ3) is 7.45. The van der Waals surface area contributed by atoms with Crippen LogP contribution >= 0.6 is 11.6 Å². The number of piperazine rings is 1. The maximum Gasteiger partial charge on any atom is 0.404 e. The molecule has 1 aromatic heterocycles. The summed E-state index contributed by atoms with van der Waals surface area (Å²) in [6, 6.07) is 7.01. The number of carbonyl (C=O) groups is 2. The highest BCUT2D eigenvalue weighted by Crippen LogP contribution is 2.33. The average molecular weight is 574 g/mol. The predicted octanol–water partition coefficient (Wildman–Crippen LogP) is 3.66. The van der Waals surface area contributed by atoms with Gasteiger partial charge in [0.1, 0.15) is 11.4 Å². The lowest BCUT2D eigenvalue weighted by Crippen LogP contribution is -2.56. The summed E-state index contributed by atoms with van der Waals surface area (Å²) in [6.45, 7) is 11.7. The number of hydrogen-bond donors (Lipinski definition) is 3. The average Bonchev–Trinajstić information content (AvgIpc) is 2.92. The van der Waals surface area contributed by atoms with Gasteiger partial charge in [0.2, 0.25) is 5.95 Å². The molecule has 218 valence electrons. The smallest absolute Gasteiger partial charge is 0.404 e. The van der Waals surface area contributed by atoms with Crippen LogP contribution in [0.3, 0.4) is 0 Å². The van der Waals surface area contributed by atoms with E-state index in [1.54, 1.807) is 19.4 Å². The van der Waals surface area contributed by atoms with Gasteiger partial charge in [-0.3, -0.25) is 9.69 Å². The summed E-state index contributed by atoms with van der Waals surface area (Å²) in [5.41, 5.74) is 1.13. The Morgan fingerprint density at radius 3 is 2.58 bits per heavy atom. The van der Waals surface area contributed by atoms with Gasteiger partial charge in [-0.15, -0.1) is 0 Å². The second kappa shape index (κ2) is 12.9. The number of rotatable bonds is 8. The Bertz CT molecular complexity index is 1180. The number of piperidine rings is 1. The van der Waals surface area contributed by atoms with Gasteiger partial charge in [-0.05, 0) is 42.5 Å². The first-order valence-corrected chi connectivity index (χ1v) is 14.1. The van der Waals surface area contributed by atoms with Crippen molar-refractivity contribution in [1.29, 1.82) is 0 Å². The molecule has 0 bridgehead atoms. The van der Waals surface area contributed by atoms with Gasteiger partial charge < -0.3 is 30.3 Å². The number of methoxy groups -OCH3 is 1. The molecule has 2 aliphatic heterocycles. The van der Waals surface area contributed by atoms with Crippen LogP contribution < -0.4 is 20.3 Å². The SMILES string of the molecule is COc1ccc(Cl)cc1N1CCN(CCNc2nccc(C(=O)N3CCC(NC(=O)O)CC3C(C)(C)C)n2)CC1. The number of ether oxygens (including phenoxy) is 1. The lowest BCUT2D eigenvalue weighted by Gasteiger charge is -2.45. The fourth-order valence-corrected chi connectivity index (χ4v) is 5.66. The van der Waals surface area contributed by atoms with Crippen molar-refractivity contribution >= 4 is 35.2 Å². The molecule has 4 rings (SSSR count). The third-order valence-corrected chi connectivity index (χ3v) is 7.87. The fraction of sp³-hybridized carbons (Fsp3) is 0.571. The van der Waals surface area contributed by atoms with Crippen LogP contribution in [0.15, 0.2) is 30.5 Å².